The fourth-order valence-electron chi connectivity index (χ4n) is 2.23. The van der Waals surface area contributed by atoms with E-state index in [0.717, 1.165) is 35.2 Å². The third kappa shape index (κ3) is 2.27. The second kappa shape index (κ2) is 4.93. The van der Waals surface area contributed by atoms with Crippen LogP contribution in [0.15, 0.2) is 0 Å². The molecule has 1 saturated heterocycles. The van der Waals surface area contributed by atoms with Crippen LogP contribution in [0.3, 0.4) is 0 Å². The molecule has 0 aliphatic carbocycles. The van der Waals surface area contributed by atoms with Crippen LogP contribution in [0.4, 0.5) is 0 Å². The molecule has 1 unspecified atom stereocenters. The molecule has 1 aliphatic rings. The Labute approximate surface area is 110 Å². The van der Waals surface area contributed by atoms with Gasteiger partial charge in [-0.25, -0.2) is 0 Å². The zero-order valence-electron chi connectivity index (χ0n) is 10.8. The molecule has 98 valence electrons. The average molecular weight is 266 g/mol. The molecule has 2 aromatic rings. The summed E-state index contributed by atoms with van der Waals surface area (Å²) in [6, 6.07) is 0. The maximum absolute atomic E-state index is 5.77. The van der Waals surface area contributed by atoms with Crippen molar-refractivity contribution in [2.24, 2.45) is 5.92 Å². The Kier molecular flexibility index (Phi) is 3.30. The standard InChI is InChI=1S/C12H18N4OS/c1-8(2)7-10-13-14-12-16(10)15-11(18-12)9-5-3-4-6-17-9/h8-9H,3-7H2,1-2H3. The summed E-state index contributed by atoms with van der Waals surface area (Å²) in [6.45, 7) is 5.21. The highest BCUT2D eigenvalue weighted by Gasteiger charge is 2.22. The van der Waals surface area contributed by atoms with Gasteiger partial charge >= 0.3 is 0 Å². The van der Waals surface area contributed by atoms with Gasteiger partial charge in [0.25, 0.3) is 0 Å². The second-order valence-corrected chi connectivity index (χ2v) is 6.19. The number of nitrogens with zero attached hydrogens (tertiary/aromatic N) is 4. The number of aromatic nitrogens is 4. The Hall–Kier alpha value is -1.01. The molecule has 0 amide bonds. The Morgan fingerprint density at radius 1 is 1.39 bits per heavy atom. The highest BCUT2D eigenvalue weighted by atomic mass is 32.1. The normalized spacial score (nSPS) is 20.9. The van der Waals surface area contributed by atoms with Crippen LogP contribution < -0.4 is 0 Å². The number of hydrogen-bond acceptors (Lipinski definition) is 5. The lowest BCUT2D eigenvalue weighted by molar-refractivity contribution is 0.0143. The molecule has 3 rings (SSSR count). The van der Waals surface area contributed by atoms with Crippen molar-refractivity contribution in [1.29, 1.82) is 0 Å². The summed E-state index contributed by atoms with van der Waals surface area (Å²) in [5, 5.41) is 14.1. The van der Waals surface area contributed by atoms with Crippen molar-refractivity contribution in [2.75, 3.05) is 6.61 Å². The third-order valence-electron chi connectivity index (χ3n) is 3.12. The van der Waals surface area contributed by atoms with Crippen molar-refractivity contribution in [2.45, 2.75) is 45.6 Å². The van der Waals surface area contributed by atoms with Gasteiger partial charge < -0.3 is 4.74 Å². The van der Waals surface area contributed by atoms with Crippen molar-refractivity contribution in [3.05, 3.63) is 10.8 Å². The SMILES string of the molecule is CC(C)Cc1nnc2sc(C3CCCCO3)nn12. The van der Waals surface area contributed by atoms with Gasteiger partial charge in [0.15, 0.2) is 5.82 Å². The van der Waals surface area contributed by atoms with Crippen molar-refractivity contribution >= 4 is 16.3 Å². The van der Waals surface area contributed by atoms with Crippen LogP contribution in [0, 0.1) is 5.92 Å². The molecular weight excluding hydrogens is 248 g/mol. The van der Waals surface area contributed by atoms with E-state index in [9.17, 15) is 0 Å². The lowest BCUT2D eigenvalue weighted by atomic mass is 10.1. The molecule has 1 fully saturated rings. The first kappa shape index (κ1) is 12.0. The Morgan fingerprint density at radius 3 is 3.00 bits per heavy atom. The summed E-state index contributed by atoms with van der Waals surface area (Å²) in [4.78, 5) is 0.884. The number of ether oxygens (including phenoxy) is 1. The first-order valence-electron chi connectivity index (χ1n) is 6.56. The Bertz CT molecular complexity index is 527. The van der Waals surface area contributed by atoms with Crippen LogP contribution in [0.2, 0.25) is 0 Å². The minimum Gasteiger partial charge on any atom is -0.371 e. The molecule has 6 heteroatoms. The van der Waals surface area contributed by atoms with Gasteiger partial charge in [0, 0.05) is 13.0 Å². The van der Waals surface area contributed by atoms with E-state index in [4.69, 9.17) is 4.74 Å². The number of fused-ring (bicyclic) bond motifs is 1. The lowest BCUT2D eigenvalue weighted by Crippen LogP contribution is -2.12. The topological polar surface area (TPSA) is 52.3 Å². The van der Waals surface area contributed by atoms with Crippen LogP contribution in [0.1, 0.15) is 50.0 Å². The quantitative estimate of drug-likeness (QED) is 0.857. The fourth-order valence-corrected chi connectivity index (χ4v) is 3.17. The van der Waals surface area contributed by atoms with E-state index >= 15 is 0 Å². The van der Waals surface area contributed by atoms with Crippen molar-refractivity contribution in [3.63, 3.8) is 0 Å². The van der Waals surface area contributed by atoms with Crippen molar-refractivity contribution < 1.29 is 4.74 Å². The number of hydrogen-bond donors (Lipinski definition) is 0. The predicted molar refractivity (Wildman–Crippen MR) is 69.7 cm³/mol. The monoisotopic (exact) mass is 266 g/mol. The van der Waals surface area contributed by atoms with E-state index in [0.29, 0.717) is 5.92 Å². The van der Waals surface area contributed by atoms with Crippen LogP contribution in [0.25, 0.3) is 4.96 Å². The molecule has 3 heterocycles. The van der Waals surface area contributed by atoms with Gasteiger partial charge in [0.1, 0.15) is 11.1 Å². The minimum atomic E-state index is 0.164. The van der Waals surface area contributed by atoms with Gasteiger partial charge in [0.05, 0.1) is 0 Å². The fraction of sp³-hybridized carbons (Fsp3) is 0.750. The van der Waals surface area contributed by atoms with Crippen LogP contribution >= 0.6 is 11.3 Å². The molecule has 0 bridgehead atoms. The highest BCUT2D eigenvalue weighted by Crippen LogP contribution is 2.30. The van der Waals surface area contributed by atoms with E-state index < -0.39 is 0 Å². The summed E-state index contributed by atoms with van der Waals surface area (Å²) in [6.07, 6.45) is 4.54. The molecule has 0 N–H and O–H groups in total. The highest BCUT2D eigenvalue weighted by molar-refractivity contribution is 7.16. The third-order valence-corrected chi connectivity index (χ3v) is 4.11. The van der Waals surface area contributed by atoms with Crippen molar-refractivity contribution in [3.8, 4) is 0 Å². The van der Waals surface area contributed by atoms with Crippen LogP contribution in [-0.4, -0.2) is 26.4 Å². The molecule has 1 atom stereocenters. The molecular formula is C12H18N4OS. The summed E-state index contributed by atoms with van der Waals surface area (Å²) in [7, 11) is 0. The maximum atomic E-state index is 5.77. The first-order valence-corrected chi connectivity index (χ1v) is 7.38. The van der Waals surface area contributed by atoms with Crippen LogP contribution in [0.5, 0.6) is 0 Å². The smallest absolute Gasteiger partial charge is 0.234 e. The van der Waals surface area contributed by atoms with Gasteiger partial charge in [0.2, 0.25) is 4.96 Å². The summed E-state index contributed by atoms with van der Waals surface area (Å²) in [5.41, 5.74) is 0. The largest absolute Gasteiger partial charge is 0.371 e. The number of rotatable bonds is 3. The molecule has 0 aromatic carbocycles. The molecule has 0 spiro atoms. The minimum absolute atomic E-state index is 0.164. The molecule has 1 aliphatic heterocycles. The Balaban J connectivity index is 1.88. The molecule has 2 aromatic heterocycles. The van der Waals surface area contributed by atoms with E-state index in [1.165, 1.54) is 12.8 Å². The second-order valence-electron chi connectivity index (χ2n) is 5.20. The maximum Gasteiger partial charge on any atom is 0.234 e. The van der Waals surface area contributed by atoms with Crippen LogP contribution in [-0.2, 0) is 11.2 Å². The lowest BCUT2D eigenvalue weighted by Gasteiger charge is -2.19. The zero-order valence-corrected chi connectivity index (χ0v) is 11.6. The van der Waals surface area contributed by atoms with Gasteiger partial charge in [-0.1, -0.05) is 25.2 Å². The first-order chi connectivity index (χ1) is 8.74. The van der Waals surface area contributed by atoms with Gasteiger partial charge in [-0.15, -0.1) is 10.2 Å². The summed E-state index contributed by atoms with van der Waals surface area (Å²) >= 11 is 1.60. The molecule has 5 nitrogen and oxygen atoms in total. The van der Waals surface area contributed by atoms with Crippen molar-refractivity contribution in [1.82, 2.24) is 19.8 Å². The van der Waals surface area contributed by atoms with Gasteiger partial charge in [-0.05, 0) is 25.2 Å². The van der Waals surface area contributed by atoms with E-state index in [2.05, 4.69) is 29.1 Å². The Morgan fingerprint density at radius 2 is 2.28 bits per heavy atom. The summed E-state index contributed by atoms with van der Waals surface area (Å²) < 4.78 is 7.66. The zero-order chi connectivity index (χ0) is 12.5. The van der Waals surface area contributed by atoms with Gasteiger partial charge in [-0.3, -0.25) is 0 Å². The average Bonchev–Trinajstić information content (AvgIpc) is 2.92. The van der Waals surface area contributed by atoms with E-state index in [-0.39, 0.29) is 6.10 Å². The molecule has 0 radical (unpaired) electrons. The summed E-state index contributed by atoms with van der Waals surface area (Å²) in [5.74, 6) is 1.52. The molecule has 0 saturated carbocycles. The molecule has 18 heavy (non-hydrogen) atoms. The van der Waals surface area contributed by atoms with Gasteiger partial charge in [-0.2, -0.15) is 9.61 Å². The van der Waals surface area contributed by atoms with E-state index in [1.54, 1.807) is 11.3 Å². The van der Waals surface area contributed by atoms with E-state index in [1.807, 2.05) is 4.52 Å². The predicted octanol–water partition coefficient (Wildman–Crippen LogP) is 2.63.